The van der Waals surface area contributed by atoms with Crippen LogP contribution in [0.3, 0.4) is 0 Å². The van der Waals surface area contributed by atoms with Gasteiger partial charge >= 0.3 is 0 Å². The van der Waals surface area contributed by atoms with Crippen molar-refractivity contribution in [1.29, 1.82) is 0 Å². The van der Waals surface area contributed by atoms with Crippen LogP contribution in [0, 0.1) is 6.92 Å². The fourth-order valence-electron chi connectivity index (χ4n) is 2.08. The smallest absolute Gasteiger partial charge is 0.196 e. The van der Waals surface area contributed by atoms with E-state index in [2.05, 4.69) is 9.97 Å². The molecule has 0 bridgehead atoms. The van der Waals surface area contributed by atoms with E-state index in [1.165, 1.54) is 5.56 Å². The standard InChI is InChI=1S/C15H12N2O/c1-10-4-5-12-13(9-17-14(12)7-10)15(18)11-3-2-6-16-8-11/h2-9,17H,1H3. The van der Waals surface area contributed by atoms with E-state index in [0.717, 1.165) is 10.9 Å². The van der Waals surface area contributed by atoms with E-state index in [1.54, 1.807) is 30.7 Å². The number of fused-ring (bicyclic) bond motifs is 1. The molecule has 2 heterocycles. The summed E-state index contributed by atoms with van der Waals surface area (Å²) in [6.07, 6.45) is 5.02. The number of nitrogens with one attached hydrogen (secondary N) is 1. The first-order valence-electron chi connectivity index (χ1n) is 5.78. The third-order valence-electron chi connectivity index (χ3n) is 3.01. The molecule has 88 valence electrons. The quantitative estimate of drug-likeness (QED) is 0.695. The average Bonchev–Trinajstić information content (AvgIpc) is 2.81. The summed E-state index contributed by atoms with van der Waals surface area (Å²) in [5.41, 5.74) is 3.46. The zero-order valence-electron chi connectivity index (χ0n) is 9.97. The molecule has 0 aliphatic carbocycles. The number of pyridine rings is 1. The lowest BCUT2D eigenvalue weighted by Crippen LogP contribution is -2.00. The topological polar surface area (TPSA) is 45.8 Å². The van der Waals surface area contributed by atoms with Gasteiger partial charge in [-0.3, -0.25) is 9.78 Å². The van der Waals surface area contributed by atoms with Crippen LogP contribution in [0.4, 0.5) is 0 Å². The SMILES string of the molecule is Cc1ccc2c(C(=O)c3cccnc3)c[nH]c2c1. The molecule has 0 spiro atoms. The van der Waals surface area contributed by atoms with Gasteiger partial charge in [0.15, 0.2) is 5.78 Å². The molecule has 0 aliphatic rings. The van der Waals surface area contributed by atoms with E-state index >= 15 is 0 Å². The second-order valence-electron chi connectivity index (χ2n) is 4.32. The molecule has 0 amide bonds. The van der Waals surface area contributed by atoms with Gasteiger partial charge in [-0.15, -0.1) is 0 Å². The Balaban J connectivity index is 2.13. The number of H-pyrrole nitrogens is 1. The minimum atomic E-state index is -0.00166. The largest absolute Gasteiger partial charge is 0.360 e. The zero-order chi connectivity index (χ0) is 12.5. The van der Waals surface area contributed by atoms with Crippen LogP contribution in [0.15, 0.2) is 48.9 Å². The second-order valence-corrected chi connectivity index (χ2v) is 4.32. The molecule has 1 N–H and O–H groups in total. The molecule has 3 nitrogen and oxygen atoms in total. The Morgan fingerprint density at radius 3 is 2.94 bits per heavy atom. The second kappa shape index (κ2) is 4.11. The molecule has 3 rings (SSSR count). The maximum atomic E-state index is 12.3. The molecule has 18 heavy (non-hydrogen) atoms. The van der Waals surface area contributed by atoms with Crippen LogP contribution in [-0.2, 0) is 0 Å². The third-order valence-corrected chi connectivity index (χ3v) is 3.01. The van der Waals surface area contributed by atoms with E-state index in [1.807, 2.05) is 25.1 Å². The molecule has 0 atom stereocenters. The Kier molecular flexibility index (Phi) is 2.45. The highest BCUT2D eigenvalue weighted by Crippen LogP contribution is 2.21. The van der Waals surface area contributed by atoms with Crippen molar-refractivity contribution in [2.45, 2.75) is 6.92 Å². The number of benzene rings is 1. The van der Waals surface area contributed by atoms with Gasteiger partial charge in [0, 0.05) is 40.6 Å². The predicted octanol–water partition coefficient (Wildman–Crippen LogP) is 3.10. The van der Waals surface area contributed by atoms with Crippen molar-refractivity contribution >= 4 is 16.7 Å². The van der Waals surface area contributed by atoms with Crippen molar-refractivity contribution in [3.05, 3.63) is 65.6 Å². The number of aromatic nitrogens is 2. The maximum Gasteiger partial charge on any atom is 0.196 e. The summed E-state index contributed by atoms with van der Waals surface area (Å²) in [7, 11) is 0. The summed E-state index contributed by atoms with van der Waals surface area (Å²) in [5.74, 6) is -0.00166. The lowest BCUT2D eigenvalue weighted by atomic mass is 10.0. The number of ketones is 1. The molecule has 0 saturated carbocycles. The Hall–Kier alpha value is -2.42. The number of rotatable bonds is 2. The molecule has 2 aromatic heterocycles. The number of carbonyl (C=O) groups is 1. The van der Waals surface area contributed by atoms with Crippen molar-refractivity contribution in [3.63, 3.8) is 0 Å². The molecule has 0 aliphatic heterocycles. The lowest BCUT2D eigenvalue weighted by molar-refractivity contribution is 0.104. The minimum absolute atomic E-state index is 0.00166. The normalized spacial score (nSPS) is 10.7. The Labute approximate surface area is 104 Å². The van der Waals surface area contributed by atoms with E-state index in [-0.39, 0.29) is 5.78 Å². The van der Waals surface area contributed by atoms with E-state index in [0.29, 0.717) is 11.1 Å². The van der Waals surface area contributed by atoms with Crippen molar-refractivity contribution < 1.29 is 4.79 Å². The maximum absolute atomic E-state index is 12.3. The highest BCUT2D eigenvalue weighted by Gasteiger charge is 2.13. The highest BCUT2D eigenvalue weighted by molar-refractivity contribution is 6.16. The zero-order valence-corrected chi connectivity index (χ0v) is 9.97. The van der Waals surface area contributed by atoms with Crippen molar-refractivity contribution in [1.82, 2.24) is 9.97 Å². The predicted molar refractivity (Wildman–Crippen MR) is 70.7 cm³/mol. The third kappa shape index (κ3) is 1.70. The van der Waals surface area contributed by atoms with Gasteiger partial charge in [-0.2, -0.15) is 0 Å². The monoisotopic (exact) mass is 236 g/mol. The first-order valence-corrected chi connectivity index (χ1v) is 5.78. The first-order chi connectivity index (χ1) is 8.75. The highest BCUT2D eigenvalue weighted by atomic mass is 16.1. The van der Waals surface area contributed by atoms with Gasteiger partial charge in [-0.1, -0.05) is 12.1 Å². The number of hydrogen-bond acceptors (Lipinski definition) is 2. The molecule has 0 saturated heterocycles. The molecule has 0 fully saturated rings. The van der Waals surface area contributed by atoms with Gasteiger partial charge in [0.2, 0.25) is 0 Å². The van der Waals surface area contributed by atoms with Crippen LogP contribution in [0.25, 0.3) is 10.9 Å². The summed E-state index contributed by atoms with van der Waals surface area (Å²) < 4.78 is 0. The molecule has 3 heteroatoms. The number of carbonyl (C=O) groups excluding carboxylic acids is 1. The van der Waals surface area contributed by atoms with Gasteiger partial charge in [0.1, 0.15) is 0 Å². The van der Waals surface area contributed by atoms with Crippen LogP contribution >= 0.6 is 0 Å². The van der Waals surface area contributed by atoms with Crippen molar-refractivity contribution in [3.8, 4) is 0 Å². The summed E-state index contributed by atoms with van der Waals surface area (Å²) in [5, 5.41) is 0.953. The number of aryl methyl sites for hydroxylation is 1. The number of nitrogens with zero attached hydrogens (tertiary/aromatic N) is 1. The van der Waals surface area contributed by atoms with Crippen LogP contribution in [0.1, 0.15) is 21.5 Å². The first kappa shape index (κ1) is 10.7. The Bertz CT molecular complexity index is 714. The number of aromatic amines is 1. The van der Waals surface area contributed by atoms with E-state index in [9.17, 15) is 4.79 Å². The van der Waals surface area contributed by atoms with Gasteiger partial charge in [-0.05, 0) is 30.7 Å². The molecule has 3 aromatic rings. The van der Waals surface area contributed by atoms with E-state index in [4.69, 9.17) is 0 Å². The van der Waals surface area contributed by atoms with Crippen molar-refractivity contribution in [2.75, 3.05) is 0 Å². The van der Waals surface area contributed by atoms with Crippen LogP contribution < -0.4 is 0 Å². The van der Waals surface area contributed by atoms with Crippen LogP contribution in [-0.4, -0.2) is 15.8 Å². The van der Waals surface area contributed by atoms with Crippen molar-refractivity contribution in [2.24, 2.45) is 0 Å². The fourth-order valence-corrected chi connectivity index (χ4v) is 2.08. The van der Waals surface area contributed by atoms with Gasteiger partial charge in [0.25, 0.3) is 0 Å². The molecule has 0 unspecified atom stereocenters. The van der Waals surface area contributed by atoms with Gasteiger partial charge < -0.3 is 4.98 Å². The Morgan fingerprint density at radius 1 is 1.28 bits per heavy atom. The lowest BCUT2D eigenvalue weighted by Gasteiger charge is -1.99. The summed E-state index contributed by atoms with van der Waals surface area (Å²) in [6.45, 7) is 2.03. The summed E-state index contributed by atoms with van der Waals surface area (Å²) in [4.78, 5) is 19.5. The summed E-state index contributed by atoms with van der Waals surface area (Å²) >= 11 is 0. The van der Waals surface area contributed by atoms with Gasteiger partial charge in [0.05, 0.1) is 0 Å². The van der Waals surface area contributed by atoms with Crippen LogP contribution in [0.2, 0.25) is 0 Å². The average molecular weight is 236 g/mol. The molecular weight excluding hydrogens is 224 g/mol. The molecule has 0 radical (unpaired) electrons. The minimum Gasteiger partial charge on any atom is -0.360 e. The van der Waals surface area contributed by atoms with Crippen LogP contribution in [0.5, 0.6) is 0 Å². The number of hydrogen-bond donors (Lipinski definition) is 1. The Morgan fingerprint density at radius 2 is 2.17 bits per heavy atom. The summed E-state index contributed by atoms with van der Waals surface area (Å²) in [6, 6.07) is 9.57. The van der Waals surface area contributed by atoms with Gasteiger partial charge in [-0.25, -0.2) is 0 Å². The molecular formula is C15H12N2O. The fraction of sp³-hybridized carbons (Fsp3) is 0.0667. The molecule has 1 aromatic carbocycles. The van der Waals surface area contributed by atoms with E-state index < -0.39 is 0 Å².